The highest BCUT2D eigenvalue weighted by atomic mass is 16.7. The fraction of sp³-hybridized carbons (Fsp3) is 0.273. The van der Waals surface area contributed by atoms with Crippen molar-refractivity contribution >= 4 is 6.08 Å². The minimum Gasteiger partial charge on any atom is -0.493 e. The molecule has 0 aromatic heterocycles. The van der Waals surface area contributed by atoms with E-state index in [1.807, 2.05) is 12.1 Å². The number of fused-ring (bicyclic) bond motifs is 1. The minimum absolute atomic E-state index is 0.0107. The molecule has 15 heavy (non-hydrogen) atoms. The van der Waals surface area contributed by atoms with E-state index in [-0.39, 0.29) is 13.4 Å². The van der Waals surface area contributed by atoms with Crippen molar-refractivity contribution in [3.05, 3.63) is 23.8 Å². The number of ether oxygens (including phenoxy) is 3. The number of hydrogen-bond acceptors (Lipinski definition) is 4. The third kappa shape index (κ3) is 1.89. The quantitative estimate of drug-likeness (QED) is 0.816. The summed E-state index contributed by atoms with van der Waals surface area (Å²) in [5, 5.41) is 8.67. The lowest BCUT2D eigenvalue weighted by atomic mass is 10.1. The monoisotopic (exact) mass is 208 g/mol. The van der Waals surface area contributed by atoms with Crippen LogP contribution < -0.4 is 14.2 Å². The predicted molar refractivity (Wildman–Crippen MR) is 55.2 cm³/mol. The van der Waals surface area contributed by atoms with Gasteiger partial charge >= 0.3 is 0 Å². The van der Waals surface area contributed by atoms with E-state index in [2.05, 4.69) is 0 Å². The molecule has 0 bridgehead atoms. The molecule has 0 unspecified atom stereocenters. The van der Waals surface area contributed by atoms with Gasteiger partial charge in [0.05, 0.1) is 13.7 Å². The van der Waals surface area contributed by atoms with Gasteiger partial charge in [-0.05, 0) is 17.7 Å². The highest BCUT2D eigenvalue weighted by molar-refractivity contribution is 5.62. The highest BCUT2D eigenvalue weighted by Crippen LogP contribution is 2.41. The van der Waals surface area contributed by atoms with Crippen molar-refractivity contribution in [3.63, 3.8) is 0 Å². The molecule has 4 heteroatoms. The average molecular weight is 208 g/mol. The van der Waals surface area contributed by atoms with Crippen molar-refractivity contribution in [2.75, 3.05) is 20.5 Å². The normalized spacial score (nSPS) is 13.5. The van der Waals surface area contributed by atoms with Gasteiger partial charge in [0.2, 0.25) is 12.5 Å². The number of hydrogen-bond donors (Lipinski definition) is 1. The first-order valence-corrected chi connectivity index (χ1v) is 4.60. The van der Waals surface area contributed by atoms with Crippen LogP contribution in [0.2, 0.25) is 0 Å². The van der Waals surface area contributed by atoms with Crippen LogP contribution in [0.5, 0.6) is 17.2 Å². The number of aliphatic hydroxyl groups is 1. The van der Waals surface area contributed by atoms with E-state index in [1.165, 1.54) is 0 Å². The zero-order chi connectivity index (χ0) is 10.7. The van der Waals surface area contributed by atoms with Crippen LogP contribution in [0.25, 0.3) is 6.08 Å². The molecule has 0 fully saturated rings. The van der Waals surface area contributed by atoms with Crippen molar-refractivity contribution in [1.82, 2.24) is 0 Å². The molecule has 1 aliphatic rings. The first-order valence-electron chi connectivity index (χ1n) is 4.60. The van der Waals surface area contributed by atoms with Gasteiger partial charge in [0, 0.05) is 0 Å². The summed E-state index contributed by atoms with van der Waals surface area (Å²) in [7, 11) is 1.58. The Morgan fingerprint density at radius 2 is 2.33 bits per heavy atom. The summed E-state index contributed by atoms with van der Waals surface area (Å²) in [4.78, 5) is 0. The number of aliphatic hydroxyl groups excluding tert-OH is 1. The van der Waals surface area contributed by atoms with Crippen LogP contribution >= 0.6 is 0 Å². The van der Waals surface area contributed by atoms with Crippen molar-refractivity contribution in [2.45, 2.75) is 0 Å². The standard InChI is InChI=1S/C11H12O4/c1-13-9-5-8(3-2-4-12)6-10-11(9)15-7-14-10/h2-3,5-6,12H,4,7H2,1H3. The molecule has 1 N–H and O–H groups in total. The van der Waals surface area contributed by atoms with E-state index in [9.17, 15) is 0 Å². The Morgan fingerprint density at radius 1 is 1.47 bits per heavy atom. The van der Waals surface area contributed by atoms with Crippen molar-refractivity contribution in [1.29, 1.82) is 0 Å². The lowest BCUT2D eigenvalue weighted by Crippen LogP contribution is -1.93. The zero-order valence-corrected chi connectivity index (χ0v) is 8.40. The molecule has 1 aromatic rings. The van der Waals surface area contributed by atoms with Crippen LogP contribution in [0, 0.1) is 0 Å². The van der Waals surface area contributed by atoms with E-state index in [1.54, 1.807) is 19.3 Å². The fourth-order valence-electron chi connectivity index (χ4n) is 1.43. The molecule has 2 rings (SSSR count). The SMILES string of the molecule is COc1cc(C=CCO)cc2c1OCO2. The summed E-state index contributed by atoms with van der Waals surface area (Å²) < 4.78 is 15.7. The third-order valence-corrected chi connectivity index (χ3v) is 2.10. The summed E-state index contributed by atoms with van der Waals surface area (Å²) in [6.07, 6.45) is 3.45. The summed E-state index contributed by atoms with van der Waals surface area (Å²) in [5.74, 6) is 1.95. The van der Waals surface area contributed by atoms with Gasteiger partial charge in [-0.2, -0.15) is 0 Å². The lowest BCUT2D eigenvalue weighted by molar-refractivity contribution is 0.171. The molecule has 80 valence electrons. The Labute approximate surface area is 87.7 Å². The van der Waals surface area contributed by atoms with Gasteiger partial charge < -0.3 is 19.3 Å². The second-order valence-electron chi connectivity index (χ2n) is 3.04. The molecule has 0 radical (unpaired) electrons. The Balaban J connectivity index is 2.39. The Kier molecular flexibility index (Phi) is 2.78. The highest BCUT2D eigenvalue weighted by Gasteiger charge is 2.19. The number of rotatable bonds is 3. The molecule has 4 nitrogen and oxygen atoms in total. The van der Waals surface area contributed by atoms with Crippen molar-refractivity contribution in [3.8, 4) is 17.2 Å². The molecular weight excluding hydrogens is 196 g/mol. The molecule has 0 spiro atoms. The molecule has 0 aliphatic carbocycles. The number of benzene rings is 1. The van der Waals surface area contributed by atoms with E-state index in [4.69, 9.17) is 19.3 Å². The zero-order valence-electron chi connectivity index (χ0n) is 8.40. The van der Waals surface area contributed by atoms with Gasteiger partial charge in [0.1, 0.15) is 0 Å². The van der Waals surface area contributed by atoms with E-state index in [0.29, 0.717) is 17.2 Å². The van der Waals surface area contributed by atoms with Crippen LogP contribution in [0.15, 0.2) is 18.2 Å². The molecule has 1 aromatic carbocycles. The molecule has 0 atom stereocenters. The van der Waals surface area contributed by atoms with E-state index < -0.39 is 0 Å². The molecule has 0 saturated heterocycles. The van der Waals surface area contributed by atoms with Gasteiger partial charge in [0.15, 0.2) is 11.5 Å². The topological polar surface area (TPSA) is 47.9 Å². The van der Waals surface area contributed by atoms with Crippen molar-refractivity contribution < 1.29 is 19.3 Å². The van der Waals surface area contributed by atoms with Gasteiger partial charge in [-0.25, -0.2) is 0 Å². The largest absolute Gasteiger partial charge is 0.493 e. The number of methoxy groups -OCH3 is 1. The Bertz CT molecular complexity index is 384. The van der Waals surface area contributed by atoms with E-state index in [0.717, 1.165) is 5.56 Å². The minimum atomic E-state index is 0.0107. The predicted octanol–water partition coefficient (Wildman–Crippen LogP) is 1.43. The molecule has 1 aliphatic heterocycles. The first kappa shape index (κ1) is 9.86. The maximum Gasteiger partial charge on any atom is 0.231 e. The summed E-state index contributed by atoms with van der Waals surface area (Å²) in [6.45, 7) is 0.232. The molecular formula is C11H12O4. The van der Waals surface area contributed by atoms with Gasteiger partial charge in [-0.15, -0.1) is 0 Å². The Hall–Kier alpha value is -1.68. The second-order valence-corrected chi connectivity index (χ2v) is 3.04. The maximum absolute atomic E-state index is 8.67. The summed E-state index contributed by atoms with van der Waals surface area (Å²) >= 11 is 0. The first-order chi connectivity index (χ1) is 7.35. The van der Waals surface area contributed by atoms with Crippen molar-refractivity contribution in [2.24, 2.45) is 0 Å². The van der Waals surface area contributed by atoms with Gasteiger partial charge in [-0.3, -0.25) is 0 Å². The van der Waals surface area contributed by atoms with Crippen LogP contribution in [-0.2, 0) is 0 Å². The van der Waals surface area contributed by atoms with Crippen LogP contribution in [0.3, 0.4) is 0 Å². The van der Waals surface area contributed by atoms with Crippen LogP contribution in [0.1, 0.15) is 5.56 Å². The lowest BCUT2D eigenvalue weighted by Gasteiger charge is -2.05. The van der Waals surface area contributed by atoms with Crippen LogP contribution in [0.4, 0.5) is 0 Å². The third-order valence-electron chi connectivity index (χ3n) is 2.10. The van der Waals surface area contributed by atoms with Gasteiger partial charge in [-0.1, -0.05) is 12.2 Å². The molecule has 1 heterocycles. The fourth-order valence-corrected chi connectivity index (χ4v) is 1.43. The average Bonchev–Trinajstić information content (AvgIpc) is 2.73. The molecule has 0 amide bonds. The summed E-state index contributed by atoms with van der Waals surface area (Å²) in [5.41, 5.74) is 0.908. The molecule has 0 saturated carbocycles. The smallest absolute Gasteiger partial charge is 0.231 e. The van der Waals surface area contributed by atoms with Crippen LogP contribution in [-0.4, -0.2) is 25.6 Å². The maximum atomic E-state index is 8.67. The van der Waals surface area contributed by atoms with Gasteiger partial charge in [0.25, 0.3) is 0 Å². The van der Waals surface area contributed by atoms with E-state index >= 15 is 0 Å². The second kappa shape index (κ2) is 4.23. The summed E-state index contributed by atoms with van der Waals surface area (Å²) in [6, 6.07) is 3.68. The Morgan fingerprint density at radius 3 is 3.07 bits per heavy atom.